The molecule has 1 heterocycles. The summed E-state index contributed by atoms with van der Waals surface area (Å²) in [5, 5.41) is 14.6. The van der Waals surface area contributed by atoms with Crippen molar-refractivity contribution in [2.75, 3.05) is 33.4 Å². The smallest absolute Gasteiger partial charge is 0.306 e. The molecule has 1 fully saturated rings. The Labute approximate surface area is 119 Å². The van der Waals surface area contributed by atoms with Crippen LogP contribution >= 0.6 is 0 Å². The second kappa shape index (κ2) is 9.68. The van der Waals surface area contributed by atoms with Crippen molar-refractivity contribution in [2.24, 2.45) is 0 Å². The van der Waals surface area contributed by atoms with Crippen LogP contribution in [0.5, 0.6) is 0 Å². The van der Waals surface area contributed by atoms with Gasteiger partial charge in [0.25, 0.3) is 0 Å². The third-order valence-corrected chi connectivity index (χ3v) is 3.23. The monoisotopic (exact) mass is 288 g/mol. The second-order valence-corrected chi connectivity index (χ2v) is 4.83. The zero-order valence-corrected chi connectivity index (χ0v) is 11.9. The molecule has 0 saturated carbocycles. The number of aliphatic carboxylic acids is 1. The Bertz CT molecular complexity index is 305. The number of piperidine rings is 1. The van der Waals surface area contributed by atoms with E-state index in [0.29, 0.717) is 6.61 Å². The van der Waals surface area contributed by atoms with E-state index in [1.165, 1.54) is 7.11 Å². The first-order valence-electron chi connectivity index (χ1n) is 6.95. The Kier molecular flexibility index (Phi) is 8.17. The SMILES string of the molecule is COC(CNC(=O)CCOC1CCNCC1)CC(=O)O. The fraction of sp³-hybridized carbons (Fsp3) is 0.846. The zero-order valence-electron chi connectivity index (χ0n) is 11.9. The number of rotatable bonds is 9. The number of amides is 1. The third-order valence-electron chi connectivity index (χ3n) is 3.23. The van der Waals surface area contributed by atoms with Gasteiger partial charge in [-0.1, -0.05) is 0 Å². The average molecular weight is 288 g/mol. The molecule has 1 saturated heterocycles. The number of nitrogens with one attached hydrogen (secondary N) is 2. The minimum absolute atomic E-state index is 0.123. The molecule has 7 heteroatoms. The highest BCUT2D eigenvalue weighted by atomic mass is 16.5. The van der Waals surface area contributed by atoms with Crippen LogP contribution in [-0.4, -0.2) is 62.5 Å². The number of carbonyl (C=O) groups is 2. The summed E-state index contributed by atoms with van der Waals surface area (Å²) in [4.78, 5) is 22.1. The summed E-state index contributed by atoms with van der Waals surface area (Å²) in [5.41, 5.74) is 0. The average Bonchev–Trinajstić information content (AvgIpc) is 2.44. The molecule has 1 aliphatic rings. The quantitative estimate of drug-likeness (QED) is 0.541. The Morgan fingerprint density at radius 3 is 2.70 bits per heavy atom. The summed E-state index contributed by atoms with van der Waals surface area (Å²) in [6, 6.07) is 0. The molecule has 20 heavy (non-hydrogen) atoms. The van der Waals surface area contributed by atoms with Crippen LogP contribution in [0.3, 0.4) is 0 Å². The van der Waals surface area contributed by atoms with Gasteiger partial charge >= 0.3 is 5.97 Å². The molecule has 0 aromatic heterocycles. The summed E-state index contributed by atoms with van der Waals surface area (Å²) in [6.07, 6.45) is 1.86. The lowest BCUT2D eigenvalue weighted by atomic mass is 10.1. The Hall–Kier alpha value is -1.18. The third kappa shape index (κ3) is 7.42. The molecule has 0 aromatic carbocycles. The minimum atomic E-state index is -0.944. The van der Waals surface area contributed by atoms with E-state index in [1.807, 2.05) is 0 Å². The molecule has 0 bridgehead atoms. The van der Waals surface area contributed by atoms with E-state index in [1.54, 1.807) is 0 Å². The van der Waals surface area contributed by atoms with Gasteiger partial charge in [0.05, 0.1) is 25.2 Å². The van der Waals surface area contributed by atoms with Gasteiger partial charge < -0.3 is 25.2 Å². The molecule has 1 unspecified atom stereocenters. The first-order valence-corrected chi connectivity index (χ1v) is 6.95. The van der Waals surface area contributed by atoms with Crippen LogP contribution in [0.4, 0.5) is 0 Å². The van der Waals surface area contributed by atoms with Gasteiger partial charge in [0.1, 0.15) is 0 Å². The van der Waals surface area contributed by atoms with Crippen molar-refractivity contribution in [2.45, 2.75) is 37.9 Å². The highest BCUT2D eigenvalue weighted by molar-refractivity contribution is 5.76. The van der Waals surface area contributed by atoms with Gasteiger partial charge in [0, 0.05) is 20.1 Å². The maximum Gasteiger partial charge on any atom is 0.306 e. The molecule has 116 valence electrons. The van der Waals surface area contributed by atoms with Crippen molar-refractivity contribution >= 4 is 11.9 Å². The van der Waals surface area contributed by atoms with Crippen LogP contribution in [0.1, 0.15) is 25.7 Å². The van der Waals surface area contributed by atoms with E-state index in [4.69, 9.17) is 14.6 Å². The van der Waals surface area contributed by atoms with Gasteiger partial charge in [-0.05, 0) is 25.9 Å². The van der Waals surface area contributed by atoms with Crippen molar-refractivity contribution in [3.8, 4) is 0 Å². The molecule has 7 nitrogen and oxygen atoms in total. The van der Waals surface area contributed by atoms with Crippen molar-refractivity contribution in [3.05, 3.63) is 0 Å². The second-order valence-electron chi connectivity index (χ2n) is 4.83. The van der Waals surface area contributed by atoms with Crippen LogP contribution in [0, 0.1) is 0 Å². The van der Waals surface area contributed by atoms with E-state index in [9.17, 15) is 9.59 Å². The molecule has 0 radical (unpaired) electrons. The first kappa shape index (κ1) is 16.9. The number of hydrogen-bond acceptors (Lipinski definition) is 5. The van der Waals surface area contributed by atoms with Crippen molar-refractivity contribution in [3.63, 3.8) is 0 Å². The molecule has 0 spiro atoms. The number of hydrogen-bond donors (Lipinski definition) is 3. The fourth-order valence-electron chi connectivity index (χ4n) is 2.03. The lowest BCUT2D eigenvalue weighted by Crippen LogP contribution is -2.36. The number of carboxylic acid groups (broad SMARTS) is 1. The first-order chi connectivity index (χ1) is 9.61. The van der Waals surface area contributed by atoms with Gasteiger partial charge in [-0.15, -0.1) is 0 Å². The summed E-state index contributed by atoms with van der Waals surface area (Å²) >= 11 is 0. The number of ether oxygens (including phenoxy) is 2. The molecule has 1 amide bonds. The van der Waals surface area contributed by atoms with E-state index in [-0.39, 0.29) is 31.4 Å². The minimum Gasteiger partial charge on any atom is -0.481 e. The molecule has 3 N–H and O–H groups in total. The standard InChI is InChI=1S/C13H24N2O5/c1-19-11(8-13(17)18)9-15-12(16)4-7-20-10-2-5-14-6-3-10/h10-11,14H,2-9H2,1H3,(H,15,16)(H,17,18). The van der Waals surface area contributed by atoms with Crippen LogP contribution in [0.25, 0.3) is 0 Å². The normalized spacial score (nSPS) is 17.6. The summed E-state index contributed by atoms with van der Waals surface area (Å²) < 4.78 is 10.6. The topological polar surface area (TPSA) is 96.9 Å². The van der Waals surface area contributed by atoms with E-state index >= 15 is 0 Å². The van der Waals surface area contributed by atoms with E-state index in [0.717, 1.165) is 25.9 Å². The Morgan fingerprint density at radius 1 is 1.40 bits per heavy atom. The maximum absolute atomic E-state index is 11.6. The highest BCUT2D eigenvalue weighted by Crippen LogP contribution is 2.07. The molecule has 0 aromatic rings. The Morgan fingerprint density at radius 2 is 2.10 bits per heavy atom. The van der Waals surface area contributed by atoms with Crippen LogP contribution in [-0.2, 0) is 19.1 Å². The van der Waals surface area contributed by atoms with E-state index in [2.05, 4.69) is 10.6 Å². The van der Waals surface area contributed by atoms with Crippen LogP contribution in [0.15, 0.2) is 0 Å². The fourth-order valence-corrected chi connectivity index (χ4v) is 2.03. The number of methoxy groups -OCH3 is 1. The zero-order chi connectivity index (χ0) is 14.8. The maximum atomic E-state index is 11.6. The van der Waals surface area contributed by atoms with Gasteiger partial charge in [-0.25, -0.2) is 0 Å². The molecular formula is C13H24N2O5. The summed E-state index contributed by atoms with van der Waals surface area (Å²) in [6.45, 7) is 2.52. The number of carboxylic acids is 1. The molecule has 1 aliphatic heterocycles. The predicted octanol–water partition coefficient (Wildman–Crippen LogP) is -0.249. The van der Waals surface area contributed by atoms with Crippen molar-refractivity contribution in [1.82, 2.24) is 10.6 Å². The van der Waals surface area contributed by atoms with Crippen molar-refractivity contribution < 1.29 is 24.2 Å². The van der Waals surface area contributed by atoms with Crippen molar-refractivity contribution in [1.29, 1.82) is 0 Å². The van der Waals surface area contributed by atoms with Gasteiger partial charge in [-0.2, -0.15) is 0 Å². The number of carbonyl (C=O) groups excluding carboxylic acids is 1. The lowest BCUT2D eigenvalue weighted by Gasteiger charge is -2.22. The summed E-state index contributed by atoms with van der Waals surface area (Å²) in [7, 11) is 1.43. The molecule has 1 rings (SSSR count). The summed E-state index contributed by atoms with van der Waals surface area (Å²) in [5.74, 6) is -1.09. The Balaban J connectivity index is 2.08. The molecule has 1 atom stereocenters. The lowest BCUT2D eigenvalue weighted by molar-refractivity contribution is -0.140. The molecular weight excluding hydrogens is 264 g/mol. The highest BCUT2D eigenvalue weighted by Gasteiger charge is 2.15. The van der Waals surface area contributed by atoms with Gasteiger partial charge in [0.2, 0.25) is 5.91 Å². The van der Waals surface area contributed by atoms with Crippen LogP contribution in [0.2, 0.25) is 0 Å². The predicted molar refractivity (Wildman–Crippen MR) is 72.5 cm³/mol. The van der Waals surface area contributed by atoms with Gasteiger partial charge in [-0.3, -0.25) is 9.59 Å². The largest absolute Gasteiger partial charge is 0.481 e. The van der Waals surface area contributed by atoms with E-state index < -0.39 is 12.1 Å². The van der Waals surface area contributed by atoms with Crippen LogP contribution < -0.4 is 10.6 Å². The molecule has 0 aliphatic carbocycles. The van der Waals surface area contributed by atoms with Gasteiger partial charge in [0.15, 0.2) is 0 Å².